The quantitative estimate of drug-likeness (QED) is 0.816. The normalized spacial score (nSPS) is 19.3. The van der Waals surface area contributed by atoms with E-state index >= 15 is 0 Å². The molecule has 128 valence electrons. The molecular formula is C17H20N2O3S2. The highest BCUT2D eigenvalue weighted by Gasteiger charge is 2.34. The second-order valence-corrected chi connectivity index (χ2v) is 9.39. The minimum Gasteiger partial charge on any atom is -0.334 e. The minimum absolute atomic E-state index is 0.0572. The average molecular weight is 364 g/mol. The molecular weight excluding hydrogens is 344 g/mol. The van der Waals surface area contributed by atoms with Gasteiger partial charge in [-0.2, -0.15) is 0 Å². The van der Waals surface area contributed by atoms with Crippen molar-refractivity contribution in [1.29, 1.82) is 0 Å². The van der Waals surface area contributed by atoms with Crippen molar-refractivity contribution in [3.8, 4) is 0 Å². The first-order valence-corrected chi connectivity index (χ1v) is 10.6. The Morgan fingerprint density at radius 2 is 2.08 bits per heavy atom. The number of amides is 1. The van der Waals surface area contributed by atoms with Crippen LogP contribution < -0.4 is 0 Å². The maximum absolute atomic E-state index is 12.8. The van der Waals surface area contributed by atoms with Gasteiger partial charge in [0.25, 0.3) is 0 Å². The molecule has 1 aliphatic heterocycles. The van der Waals surface area contributed by atoms with Crippen LogP contribution in [0, 0.1) is 6.92 Å². The lowest BCUT2D eigenvalue weighted by Crippen LogP contribution is -2.41. The van der Waals surface area contributed by atoms with Crippen LogP contribution in [0.1, 0.15) is 22.7 Å². The van der Waals surface area contributed by atoms with Crippen molar-refractivity contribution in [1.82, 2.24) is 9.88 Å². The molecule has 1 aromatic carbocycles. The zero-order chi connectivity index (χ0) is 17.2. The first-order valence-electron chi connectivity index (χ1n) is 7.88. The van der Waals surface area contributed by atoms with Crippen LogP contribution in [0.3, 0.4) is 0 Å². The molecule has 2 heterocycles. The number of carbonyl (C=O) groups excluding carboxylic acids is 1. The summed E-state index contributed by atoms with van der Waals surface area (Å²) < 4.78 is 23.7. The number of rotatable bonds is 5. The number of benzene rings is 1. The molecule has 1 unspecified atom stereocenters. The number of hydrogen-bond acceptors (Lipinski definition) is 5. The Labute approximate surface area is 146 Å². The number of hydrogen-bond donors (Lipinski definition) is 0. The van der Waals surface area contributed by atoms with Crippen LogP contribution in [0.4, 0.5) is 0 Å². The zero-order valence-corrected chi connectivity index (χ0v) is 15.1. The van der Waals surface area contributed by atoms with E-state index in [-0.39, 0.29) is 29.9 Å². The van der Waals surface area contributed by atoms with Gasteiger partial charge in [-0.1, -0.05) is 30.3 Å². The van der Waals surface area contributed by atoms with Gasteiger partial charge < -0.3 is 4.90 Å². The van der Waals surface area contributed by atoms with E-state index in [0.717, 1.165) is 16.3 Å². The van der Waals surface area contributed by atoms with Gasteiger partial charge >= 0.3 is 0 Å². The molecule has 1 amide bonds. The highest BCUT2D eigenvalue weighted by atomic mass is 32.2. The Kier molecular flexibility index (Phi) is 5.01. The third-order valence-electron chi connectivity index (χ3n) is 4.16. The van der Waals surface area contributed by atoms with E-state index < -0.39 is 9.84 Å². The molecule has 1 fully saturated rings. The van der Waals surface area contributed by atoms with E-state index in [9.17, 15) is 13.2 Å². The lowest BCUT2D eigenvalue weighted by atomic mass is 10.1. The molecule has 0 radical (unpaired) electrons. The van der Waals surface area contributed by atoms with Gasteiger partial charge in [0.2, 0.25) is 5.91 Å². The van der Waals surface area contributed by atoms with Crippen molar-refractivity contribution in [3.05, 3.63) is 52.0 Å². The molecule has 1 aliphatic rings. The fraction of sp³-hybridized carbons (Fsp3) is 0.412. The highest BCUT2D eigenvalue weighted by molar-refractivity contribution is 7.91. The van der Waals surface area contributed by atoms with Crippen LogP contribution in [0.2, 0.25) is 0 Å². The van der Waals surface area contributed by atoms with Crippen LogP contribution in [-0.2, 0) is 27.6 Å². The number of thiazole rings is 1. The SMILES string of the molecule is Cc1nc(CC(=O)N(Cc2ccccc2)C2CCS(=O)(=O)C2)cs1. The van der Waals surface area contributed by atoms with E-state index in [1.54, 1.807) is 4.90 Å². The maximum Gasteiger partial charge on any atom is 0.229 e. The monoisotopic (exact) mass is 364 g/mol. The summed E-state index contributed by atoms with van der Waals surface area (Å²) in [7, 11) is -3.04. The van der Waals surface area contributed by atoms with Gasteiger partial charge in [0.15, 0.2) is 9.84 Å². The van der Waals surface area contributed by atoms with Gasteiger partial charge in [0, 0.05) is 18.0 Å². The summed E-state index contributed by atoms with van der Waals surface area (Å²) in [5.41, 5.74) is 1.76. The van der Waals surface area contributed by atoms with E-state index in [4.69, 9.17) is 0 Å². The molecule has 0 spiro atoms. The number of sulfone groups is 1. The number of aryl methyl sites for hydroxylation is 1. The van der Waals surface area contributed by atoms with Crippen molar-refractivity contribution >= 4 is 27.1 Å². The standard InChI is InChI=1S/C17H20N2O3S2/c1-13-18-15(11-23-13)9-17(20)19(10-14-5-3-2-4-6-14)16-7-8-24(21,22)12-16/h2-6,11,16H,7-10,12H2,1H3. The lowest BCUT2D eigenvalue weighted by Gasteiger charge is -2.28. The van der Waals surface area contributed by atoms with Crippen LogP contribution in [0.5, 0.6) is 0 Å². The summed E-state index contributed by atoms with van der Waals surface area (Å²) in [6.07, 6.45) is 0.727. The van der Waals surface area contributed by atoms with Crippen molar-refractivity contribution in [2.75, 3.05) is 11.5 Å². The Morgan fingerprint density at radius 3 is 2.67 bits per heavy atom. The molecule has 0 saturated carbocycles. The van der Waals surface area contributed by atoms with Crippen LogP contribution in [-0.4, -0.2) is 41.8 Å². The predicted octanol–water partition coefficient (Wildman–Crippen LogP) is 2.21. The summed E-state index contributed by atoms with van der Waals surface area (Å²) in [5.74, 6) is 0.152. The molecule has 2 aromatic rings. The van der Waals surface area contributed by atoms with Crippen LogP contribution in [0.25, 0.3) is 0 Å². The van der Waals surface area contributed by atoms with Crippen molar-refractivity contribution in [2.24, 2.45) is 0 Å². The summed E-state index contributed by atoms with van der Waals surface area (Å²) in [6.45, 7) is 2.34. The number of nitrogens with zero attached hydrogens (tertiary/aromatic N) is 2. The topological polar surface area (TPSA) is 67.3 Å². The highest BCUT2D eigenvalue weighted by Crippen LogP contribution is 2.21. The third kappa shape index (κ3) is 4.21. The average Bonchev–Trinajstić information content (AvgIpc) is 3.11. The second-order valence-electron chi connectivity index (χ2n) is 6.10. The van der Waals surface area contributed by atoms with Crippen LogP contribution in [0.15, 0.2) is 35.7 Å². The first kappa shape index (κ1) is 17.1. The number of aromatic nitrogens is 1. The molecule has 24 heavy (non-hydrogen) atoms. The Morgan fingerprint density at radius 1 is 1.33 bits per heavy atom. The molecule has 7 heteroatoms. The van der Waals surface area contributed by atoms with Gasteiger partial charge in [-0.25, -0.2) is 13.4 Å². The summed E-state index contributed by atoms with van der Waals surface area (Å²) in [6, 6.07) is 9.43. The van der Waals surface area contributed by atoms with Gasteiger partial charge in [-0.05, 0) is 18.9 Å². The van der Waals surface area contributed by atoms with E-state index in [2.05, 4.69) is 4.98 Å². The molecule has 1 saturated heterocycles. The Bertz CT molecular complexity index is 815. The largest absolute Gasteiger partial charge is 0.334 e. The molecule has 5 nitrogen and oxygen atoms in total. The zero-order valence-electron chi connectivity index (χ0n) is 13.5. The Balaban J connectivity index is 1.79. The molecule has 0 N–H and O–H groups in total. The number of carbonyl (C=O) groups is 1. The summed E-state index contributed by atoms with van der Waals surface area (Å²) in [5, 5.41) is 2.81. The van der Waals surface area contributed by atoms with Crippen molar-refractivity contribution in [3.63, 3.8) is 0 Å². The van der Waals surface area contributed by atoms with E-state index in [1.165, 1.54) is 11.3 Å². The molecule has 0 aliphatic carbocycles. The fourth-order valence-electron chi connectivity index (χ4n) is 2.97. The van der Waals surface area contributed by atoms with Crippen molar-refractivity contribution in [2.45, 2.75) is 32.4 Å². The molecule has 1 atom stereocenters. The smallest absolute Gasteiger partial charge is 0.229 e. The van der Waals surface area contributed by atoms with Crippen LogP contribution >= 0.6 is 11.3 Å². The molecule has 0 bridgehead atoms. The van der Waals surface area contributed by atoms with Gasteiger partial charge in [0.05, 0.1) is 28.6 Å². The van der Waals surface area contributed by atoms with E-state index in [0.29, 0.717) is 13.0 Å². The Hall–Kier alpha value is -1.73. The fourth-order valence-corrected chi connectivity index (χ4v) is 5.31. The van der Waals surface area contributed by atoms with Gasteiger partial charge in [-0.15, -0.1) is 11.3 Å². The van der Waals surface area contributed by atoms with Crippen molar-refractivity contribution < 1.29 is 13.2 Å². The lowest BCUT2D eigenvalue weighted by molar-refractivity contribution is -0.133. The third-order valence-corrected chi connectivity index (χ3v) is 6.74. The van der Waals surface area contributed by atoms with Gasteiger partial charge in [-0.3, -0.25) is 4.79 Å². The minimum atomic E-state index is -3.04. The molecule has 1 aromatic heterocycles. The maximum atomic E-state index is 12.8. The first-order chi connectivity index (χ1) is 11.4. The molecule has 3 rings (SSSR count). The predicted molar refractivity (Wildman–Crippen MR) is 94.6 cm³/mol. The summed E-state index contributed by atoms with van der Waals surface area (Å²) >= 11 is 1.52. The van der Waals surface area contributed by atoms with E-state index in [1.807, 2.05) is 42.6 Å². The van der Waals surface area contributed by atoms with Gasteiger partial charge in [0.1, 0.15) is 0 Å². The summed E-state index contributed by atoms with van der Waals surface area (Å²) in [4.78, 5) is 18.9. The second kappa shape index (κ2) is 7.03.